The number of aliphatic hydroxyl groups is 1. The number of nitrogens with zero attached hydrogens (tertiary/aromatic N) is 1. The number of unbranched alkanes of at least 4 members (excludes halogenated alkanes) is 42. The molecule has 3 unspecified atom stereocenters. The topological polar surface area (TPSA) is 105 Å². The first-order chi connectivity index (χ1) is 38.5. The van der Waals surface area contributed by atoms with E-state index in [1.165, 1.54) is 257 Å². The van der Waals surface area contributed by atoms with Crippen molar-refractivity contribution in [3.63, 3.8) is 0 Å². The molecule has 0 aromatic carbocycles. The Morgan fingerprint density at radius 3 is 1.10 bits per heavy atom. The SMILES string of the molecule is CCCCCCC/C=C\C/C=C\C/C=C\CCCCCCCCCCCCCCCCCCCCCCC(=O)NC(COP(=O)(O)OCC[N+](C)(C)C)C(O)/C=C/CC/C=C/CCCCCCCCCCCCCCCCCC. The molecule has 3 N–H and O–H groups in total. The monoisotopic (exact) mass is 1130 g/mol. The Bertz CT molecular complexity index is 1470. The molecule has 9 heteroatoms. The maximum Gasteiger partial charge on any atom is 0.472 e. The van der Waals surface area contributed by atoms with Crippen LogP contribution in [0.5, 0.6) is 0 Å². The maximum absolute atomic E-state index is 13.0. The van der Waals surface area contributed by atoms with Crippen LogP contribution in [0.2, 0.25) is 0 Å². The van der Waals surface area contributed by atoms with E-state index in [9.17, 15) is 19.4 Å². The van der Waals surface area contributed by atoms with E-state index < -0.39 is 20.0 Å². The van der Waals surface area contributed by atoms with E-state index in [1.54, 1.807) is 6.08 Å². The summed E-state index contributed by atoms with van der Waals surface area (Å²) in [5.41, 5.74) is 0. The highest BCUT2D eigenvalue weighted by molar-refractivity contribution is 7.47. The van der Waals surface area contributed by atoms with Gasteiger partial charge in [0.05, 0.1) is 39.9 Å². The van der Waals surface area contributed by atoms with Gasteiger partial charge in [0.15, 0.2) is 0 Å². The summed E-state index contributed by atoms with van der Waals surface area (Å²) in [5, 5.41) is 14.0. The van der Waals surface area contributed by atoms with Crippen molar-refractivity contribution in [1.82, 2.24) is 5.32 Å². The van der Waals surface area contributed by atoms with Crippen LogP contribution in [0.15, 0.2) is 60.8 Å². The summed E-state index contributed by atoms with van der Waals surface area (Å²) in [6.45, 7) is 4.82. The van der Waals surface area contributed by atoms with Crippen LogP contribution in [-0.2, 0) is 18.4 Å². The third-order valence-corrected chi connectivity index (χ3v) is 16.4. The number of aliphatic hydroxyl groups excluding tert-OH is 1. The lowest BCUT2D eigenvalue weighted by atomic mass is 10.0. The summed E-state index contributed by atoms with van der Waals surface area (Å²) in [5.74, 6) is -0.182. The van der Waals surface area contributed by atoms with Crippen LogP contribution < -0.4 is 5.32 Å². The van der Waals surface area contributed by atoms with Crippen molar-refractivity contribution >= 4 is 13.7 Å². The van der Waals surface area contributed by atoms with E-state index in [0.717, 1.165) is 51.4 Å². The summed E-state index contributed by atoms with van der Waals surface area (Å²) in [6, 6.07) is -0.865. The Labute approximate surface area is 492 Å². The van der Waals surface area contributed by atoms with Crippen LogP contribution in [0, 0.1) is 0 Å². The fourth-order valence-corrected chi connectivity index (χ4v) is 10.9. The summed E-state index contributed by atoms with van der Waals surface area (Å²) in [7, 11) is 1.56. The van der Waals surface area contributed by atoms with E-state index in [4.69, 9.17) is 9.05 Å². The first-order valence-electron chi connectivity index (χ1n) is 34.2. The van der Waals surface area contributed by atoms with E-state index in [1.807, 2.05) is 27.2 Å². The minimum absolute atomic E-state index is 0.0565. The number of phosphoric ester groups is 1. The molecule has 8 nitrogen and oxygen atoms in total. The third kappa shape index (κ3) is 63.6. The van der Waals surface area contributed by atoms with Gasteiger partial charge >= 0.3 is 7.82 Å². The van der Waals surface area contributed by atoms with Crippen molar-refractivity contribution in [3.8, 4) is 0 Å². The smallest absolute Gasteiger partial charge is 0.387 e. The Hall–Kier alpha value is -1.80. The van der Waals surface area contributed by atoms with Gasteiger partial charge in [0.2, 0.25) is 5.91 Å². The van der Waals surface area contributed by atoms with Crippen LogP contribution in [0.3, 0.4) is 0 Å². The highest BCUT2D eigenvalue weighted by Crippen LogP contribution is 2.43. The zero-order valence-electron chi connectivity index (χ0n) is 53.1. The minimum Gasteiger partial charge on any atom is -0.387 e. The second kappa shape index (κ2) is 60.8. The number of carbonyl (C=O) groups is 1. The van der Waals surface area contributed by atoms with Crippen LogP contribution in [0.4, 0.5) is 0 Å². The van der Waals surface area contributed by atoms with Gasteiger partial charge in [-0.3, -0.25) is 13.8 Å². The molecule has 0 rings (SSSR count). The van der Waals surface area contributed by atoms with Gasteiger partial charge in [0.1, 0.15) is 13.2 Å². The minimum atomic E-state index is -4.36. The summed E-state index contributed by atoms with van der Waals surface area (Å²) < 4.78 is 23.8. The molecule has 0 aliphatic carbocycles. The van der Waals surface area contributed by atoms with Crippen LogP contribution in [0.25, 0.3) is 0 Å². The number of phosphoric acid groups is 1. The molecule has 0 saturated carbocycles. The van der Waals surface area contributed by atoms with Crippen LogP contribution in [-0.4, -0.2) is 73.4 Å². The van der Waals surface area contributed by atoms with Crippen molar-refractivity contribution in [1.29, 1.82) is 0 Å². The van der Waals surface area contributed by atoms with Crippen molar-refractivity contribution in [2.24, 2.45) is 0 Å². The molecule has 0 fully saturated rings. The predicted octanol–water partition coefficient (Wildman–Crippen LogP) is 21.6. The largest absolute Gasteiger partial charge is 0.472 e. The maximum atomic E-state index is 13.0. The first kappa shape index (κ1) is 77.2. The molecule has 464 valence electrons. The molecule has 0 aromatic rings. The zero-order valence-corrected chi connectivity index (χ0v) is 54.0. The predicted molar refractivity (Wildman–Crippen MR) is 346 cm³/mol. The van der Waals surface area contributed by atoms with Gasteiger partial charge in [-0.2, -0.15) is 0 Å². The van der Waals surface area contributed by atoms with E-state index in [2.05, 4.69) is 67.8 Å². The molecule has 79 heavy (non-hydrogen) atoms. The van der Waals surface area contributed by atoms with Crippen molar-refractivity contribution in [2.75, 3.05) is 40.9 Å². The van der Waals surface area contributed by atoms with Gasteiger partial charge < -0.3 is 19.8 Å². The first-order valence-corrected chi connectivity index (χ1v) is 35.7. The molecule has 0 radical (unpaired) electrons. The molecule has 0 aliphatic rings. The highest BCUT2D eigenvalue weighted by Gasteiger charge is 2.28. The lowest BCUT2D eigenvalue weighted by molar-refractivity contribution is -0.870. The number of nitrogens with one attached hydrogen (secondary N) is 1. The number of amides is 1. The Balaban J connectivity index is 4.05. The van der Waals surface area contributed by atoms with Gasteiger partial charge in [-0.25, -0.2) is 4.57 Å². The molecule has 0 bridgehead atoms. The molecule has 0 spiro atoms. The summed E-state index contributed by atoms with van der Waals surface area (Å²) in [6.07, 6.45) is 83.7. The number of carbonyl (C=O) groups excluding carboxylic acids is 1. The van der Waals surface area contributed by atoms with Crippen molar-refractivity contribution < 1.29 is 32.9 Å². The van der Waals surface area contributed by atoms with Gasteiger partial charge in [0.25, 0.3) is 0 Å². The summed E-state index contributed by atoms with van der Waals surface area (Å²) >= 11 is 0. The van der Waals surface area contributed by atoms with Crippen molar-refractivity contribution in [3.05, 3.63) is 60.8 Å². The Morgan fingerprint density at radius 2 is 0.734 bits per heavy atom. The molecule has 1 amide bonds. The average molecular weight is 1130 g/mol. The van der Waals surface area contributed by atoms with E-state index in [0.29, 0.717) is 17.4 Å². The van der Waals surface area contributed by atoms with Gasteiger partial charge in [-0.1, -0.05) is 312 Å². The third-order valence-electron chi connectivity index (χ3n) is 15.5. The normalized spacial score (nSPS) is 14.1. The fourth-order valence-electron chi connectivity index (χ4n) is 10.1. The fraction of sp³-hybridized carbons (Fsp3) is 0.843. The Kier molecular flexibility index (Phi) is 59.4. The lowest BCUT2D eigenvalue weighted by Crippen LogP contribution is -2.45. The lowest BCUT2D eigenvalue weighted by Gasteiger charge is -2.25. The second-order valence-electron chi connectivity index (χ2n) is 24.5. The van der Waals surface area contributed by atoms with Gasteiger partial charge in [0, 0.05) is 6.42 Å². The number of hydrogen-bond donors (Lipinski definition) is 3. The van der Waals surface area contributed by atoms with Crippen LogP contribution >= 0.6 is 7.82 Å². The molecule has 0 aromatic heterocycles. The van der Waals surface area contributed by atoms with E-state index >= 15 is 0 Å². The number of quaternary nitrogens is 1. The average Bonchev–Trinajstić information content (AvgIpc) is 3.42. The van der Waals surface area contributed by atoms with Crippen LogP contribution in [0.1, 0.15) is 328 Å². The molecule has 3 atom stereocenters. The second-order valence-corrected chi connectivity index (χ2v) is 26.0. The number of rotatable bonds is 63. The Morgan fingerprint density at radius 1 is 0.430 bits per heavy atom. The molecular weight excluding hydrogens is 996 g/mol. The number of likely N-dealkylation sites (N-methyl/N-ethyl adjacent to an activating group) is 1. The van der Waals surface area contributed by atoms with E-state index in [-0.39, 0.29) is 19.1 Å². The number of hydrogen-bond acceptors (Lipinski definition) is 5. The summed E-state index contributed by atoms with van der Waals surface area (Å²) in [4.78, 5) is 23.4. The van der Waals surface area contributed by atoms with Gasteiger partial charge in [-0.05, 0) is 70.6 Å². The quantitative estimate of drug-likeness (QED) is 0.0243. The molecule has 0 saturated heterocycles. The van der Waals surface area contributed by atoms with Gasteiger partial charge in [-0.15, -0.1) is 0 Å². The van der Waals surface area contributed by atoms with Crippen molar-refractivity contribution in [2.45, 2.75) is 341 Å². The molecular formula is C70H134N2O6P+. The standard InChI is InChI=1S/C70H133N2O6P/c1-6-8-10-12-14-16-18-20-22-24-26-28-30-31-32-33-34-35-36-37-38-39-40-41-42-44-46-48-50-52-54-56-58-60-62-64-70(74)71-68(67-78-79(75,76)77-66-65-72(3,4)5)69(73)63-61-59-57-55-53-51-49-47-45-43-29-27-25-23-21-19-17-15-13-11-9-7-2/h18,20,24,26,30-31,53,55,61,63,68-69,73H,6-17,19,21-23,25,27-29,32-52,54,56-60,62,64-67H2,1-5H3,(H-,71,74,75,76)/p+1/b20-18-,26-24-,31-30-,55-53+,63-61+. The molecule has 0 aliphatic heterocycles. The number of allylic oxidation sites excluding steroid dienone is 9. The molecule has 0 heterocycles. The zero-order chi connectivity index (χ0) is 57.7. The highest BCUT2D eigenvalue weighted by atomic mass is 31.2.